The summed E-state index contributed by atoms with van der Waals surface area (Å²) in [6.45, 7) is 0.170. The third-order valence-corrected chi connectivity index (χ3v) is 7.15. The summed E-state index contributed by atoms with van der Waals surface area (Å²) in [4.78, 5) is 12.2. The average Bonchev–Trinajstić information content (AvgIpc) is 3.39. The minimum absolute atomic E-state index is 0.0404. The monoisotopic (exact) mass is 444 g/mol. The molecule has 30 heavy (non-hydrogen) atoms. The van der Waals surface area contributed by atoms with Crippen LogP contribution in [0.25, 0.3) is 0 Å². The van der Waals surface area contributed by atoms with E-state index in [1.165, 1.54) is 16.6 Å². The summed E-state index contributed by atoms with van der Waals surface area (Å²) in [5.74, 6) is 0.409. The van der Waals surface area contributed by atoms with Crippen LogP contribution in [0.15, 0.2) is 76.2 Å². The summed E-state index contributed by atoms with van der Waals surface area (Å²) in [5.41, 5.74) is 1.30. The van der Waals surface area contributed by atoms with Crippen molar-refractivity contribution in [3.05, 3.63) is 88.8 Å². The standard InChI is InChI=1S/C22H21ClN2O4S/c23-20-5-1-2-6-21(20)30(27,28)25(15-19-4-3-13-29-19)14-16-7-9-17(10-8-16)22(26)24-18-11-12-18/h1-10,13,18H,11-12,14-15H2,(H,24,26). The maximum absolute atomic E-state index is 13.3. The Kier molecular flexibility index (Phi) is 5.94. The van der Waals surface area contributed by atoms with Gasteiger partial charge in [-0.15, -0.1) is 0 Å². The lowest BCUT2D eigenvalue weighted by molar-refractivity contribution is 0.0951. The van der Waals surface area contributed by atoms with E-state index in [-0.39, 0.29) is 35.0 Å². The summed E-state index contributed by atoms with van der Waals surface area (Å²) in [6, 6.07) is 17.0. The zero-order valence-electron chi connectivity index (χ0n) is 16.1. The second kappa shape index (κ2) is 8.63. The van der Waals surface area contributed by atoms with Crippen LogP contribution in [0.4, 0.5) is 0 Å². The Morgan fingerprint density at radius 3 is 2.40 bits per heavy atom. The van der Waals surface area contributed by atoms with Gasteiger partial charge in [-0.05, 0) is 54.8 Å². The second-order valence-corrected chi connectivity index (χ2v) is 9.54. The number of carbonyl (C=O) groups excluding carboxylic acids is 1. The third-order valence-electron chi connectivity index (χ3n) is 4.85. The van der Waals surface area contributed by atoms with Crippen molar-refractivity contribution in [3.63, 3.8) is 0 Å². The number of rotatable bonds is 8. The summed E-state index contributed by atoms with van der Waals surface area (Å²) < 4.78 is 33.3. The number of amides is 1. The summed E-state index contributed by atoms with van der Waals surface area (Å²) >= 11 is 6.17. The first-order valence-electron chi connectivity index (χ1n) is 9.60. The van der Waals surface area contributed by atoms with Gasteiger partial charge in [-0.3, -0.25) is 4.79 Å². The van der Waals surface area contributed by atoms with Crippen molar-refractivity contribution in [1.29, 1.82) is 0 Å². The molecule has 4 rings (SSSR count). The van der Waals surface area contributed by atoms with E-state index in [1.54, 1.807) is 54.6 Å². The Bertz CT molecular complexity index is 1120. The predicted octanol–water partition coefficient (Wildman–Crippen LogP) is 4.22. The molecule has 0 unspecified atom stereocenters. The molecule has 1 aliphatic rings. The van der Waals surface area contributed by atoms with Gasteiger partial charge in [-0.25, -0.2) is 8.42 Å². The Labute approximate surface area is 180 Å². The first-order chi connectivity index (χ1) is 14.4. The van der Waals surface area contributed by atoms with E-state index >= 15 is 0 Å². The van der Waals surface area contributed by atoms with Crippen LogP contribution >= 0.6 is 11.6 Å². The van der Waals surface area contributed by atoms with Crippen molar-refractivity contribution in [3.8, 4) is 0 Å². The van der Waals surface area contributed by atoms with E-state index < -0.39 is 10.0 Å². The molecule has 156 valence electrons. The van der Waals surface area contributed by atoms with Gasteiger partial charge in [0.15, 0.2) is 0 Å². The zero-order valence-corrected chi connectivity index (χ0v) is 17.7. The number of hydrogen-bond acceptors (Lipinski definition) is 4. The number of nitrogens with one attached hydrogen (secondary N) is 1. The molecule has 1 aliphatic carbocycles. The van der Waals surface area contributed by atoms with Gasteiger partial charge in [0.2, 0.25) is 10.0 Å². The largest absolute Gasteiger partial charge is 0.468 e. The molecule has 1 fully saturated rings. The number of sulfonamides is 1. The van der Waals surface area contributed by atoms with Crippen LogP contribution in [0.3, 0.4) is 0 Å². The van der Waals surface area contributed by atoms with Gasteiger partial charge in [0.25, 0.3) is 5.91 Å². The minimum atomic E-state index is -3.88. The van der Waals surface area contributed by atoms with Crippen LogP contribution in [0.5, 0.6) is 0 Å². The van der Waals surface area contributed by atoms with Gasteiger partial charge in [0.05, 0.1) is 17.8 Å². The Morgan fingerprint density at radius 1 is 1.03 bits per heavy atom. The fourth-order valence-corrected chi connectivity index (χ4v) is 4.94. The Balaban J connectivity index is 1.58. The lowest BCUT2D eigenvalue weighted by Gasteiger charge is -2.22. The zero-order chi connectivity index (χ0) is 21.1. The van der Waals surface area contributed by atoms with E-state index in [1.807, 2.05) is 0 Å². The highest BCUT2D eigenvalue weighted by Gasteiger charge is 2.28. The lowest BCUT2D eigenvalue weighted by atomic mass is 10.1. The van der Waals surface area contributed by atoms with Crippen LogP contribution in [-0.2, 0) is 23.1 Å². The number of furan rings is 1. The molecule has 0 atom stereocenters. The maximum Gasteiger partial charge on any atom is 0.251 e. The summed E-state index contributed by atoms with van der Waals surface area (Å²) in [5, 5.41) is 3.10. The first-order valence-corrected chi connectivity index (χ1v) is 11.4. The first kappa shape index (κ1) is 20.7. The molecular weight excluding hydrogens is 424 g/mol. The highest BCUT2D eigenvalue weighted by molar-refractivity contribution is 7.89. The van der Waals surface area contributed by atoms with E-state index in [4.69, 9.17) is 16.0 Å². The van der Waals surface area contributed by atoms with E-state index in [0.29, 0.717) is 11.3 Å². The number of carbonyl (C=O) groups is 1. The van der Waals surface area contributed by atoms with Crippen molar-refractivity contribution in [2.45, 2.75) is 36.9 Å². The lowest BCUT2D eigenvalue weighted by Crippen LogP contribution is -2.30. The van der Waals surface area contributed by atoms with Gasteiger partial charge in [0.1, 0.15) is 10.7 Å². The second-order valence-electron chi connectivity index (χ2n) is 7.23. The van der Waals surface area contributed by atoms with Crippen LogP contribution in [0, 0.1) is 0 Å². The molecule has 1 amide bonds. The average molecular weight is 445 g/mol. The van der Waals surface area contributed by atoms with Crippen LogP contribution in [0.2, 0.25) is 5.02 Å². The van der Waals surface area contributed by atoms with Crippen LogP contribution < -0.4 is 5.32 Å². The molecule has 0 spiro atoms. The van der Waals surface area contributed by atoms with Gasteiger partial charge in [0, 0.05) is 18.2 Å². The van der Waals surface area contributed by atoms with Gasteiger partial charge in [-0.2, -0.15) is 4.31 Å². The van der Waals surface area contributed by atoms with Gasteiger partial charge < -0.3 is 9.73 Å². The third kappa shape index (κ3) is 4.75. The molecule has 0 saturated heterocycles. The maximum atomic E-state index is 13.3. The molecule has 0 radical (unpaired) electrons. The van der Waals surface area contributed by atoms with Gasteiger partial charge >= 0.3 is 0 Å². The smallest absolute Gasteiger partial charge is 0.251 e. The molecule has 0 aliphatic heterocycles. The fraction of sp³-hybridized carbons (Fsp3) is 0.227. The van der Waals surface area contributed by atoms with E-state index in [2.05, 4.69) is 5.32 Å². The molecule has 8 heteroatoms. The highest BCUT2D eigenvalue weighted by atomic mass is 35.5. The normalized spacial score (nSPS) is 14.1. The fourth-order valence-electron chi connectivity index (χ4n) is 3.06. The van der Waals surface area contributed by atoms with E-state index in [9.17, 15) is 13.2 Å². The molecule has 1 aromatic heterocycles. The van der Waals surface area contributed by atoms with Crippen molar-refractivity contribution < 1.29 is 17.6 Å². The quantitative estimate of drug-likeness (QED) is 0.564. The summed E-state index contributed by atoms with van der Waals surface area (Å²) in [6.07, 6.45) is 3.54. The van der Waals surface area contributed by atoms with Crippen molar-refractivity contribution in [2.75, 3.05) is 0 Å². The molecule has 2 aromatic carbocycles. The molecule has 1 heterocycles. The minimum Gasteiger partial charge on any atom is -0.468 e. The number of hydrogen-bond donors (Lipinski definition) is 1. The Hall–Kier alpha value is -2.61. The molecular formula is C22H21ClN2O4S. The summed E-state index contributed by atoms with van der Waals surface area (Å²) in [7, 11) is -3.88. The highest BCUT2D eigenvalue weighted by Crippen LogP contribution is 2.27. The van der Waals surface area contributed by atoms with Crippen molar-refractivity contribution >= 4 is 27.5 Å². The number of nitrogens with zero attached hydrogens (tertiary/aromatic N) is 1. The van der Waals surface area contributed by atoms with Crippen LogP contribution in [0.1, 0.15) is 34.5 Å². The van der Waals surface area contributed by atoms with Crippen LogP contribution in [-0.4, -0.2) is 24.7 Å². The molecule has 3 aromatic rings. The predicted molar refractivity (Wildman–Crippen MR) is 114 cm³/mol. The van der Waals surface area contributed by atoms with Crippen molar-refractivity contribution in [2.24, 2.45) is 0 Å². The molecule has 1 N–H and O–H groups in total. The molecule has 0 bridgehead atoms. The number of halogens is 1. The molecule has 1 saturated carbocycles. The molecule has 6 nitrogen and oxygen atoms in total. The van der Waals surface area contributed by atoms with Crippen molar-refractivity contribution in [1.82, 2.24) is 9.62 Å². The topological polar surface area (TPSA) is 79.6 Å². The number of benzene rings is 2. The SMILES string of the molecule is O=C(NC1CC1)c1ccc(CN(Cc2ccco2)S(=O)(=O)c2ccccc2Cl)cc1. The van der Waals surface area contributed by atoms with E-state index in [0.717, 1.165) is 18.4 Å². The Morgan fingerprint density at radius 2 is 1.77 bits per heavy atom. The van der Waals surface area contributed by atoms with Gasteiger partial charge in [-0.1, -0.05) is 35.9 Å².